The minimum atomic E-state index is -0.475. The van der Waals surface area contributed by atoms with Gasteiger partial charge in [-0.2, -0.15) is 5.01 Å². The summed E-state index contributed by atoms with van der Waals surface area (Å²) in [6.45, 7) is 0.191. The lowest BCUT2D eigenvalue weighted by atomic mass is 10.1. The Balaban J connectivity index is 1.50. The number of hydrogen-bond acceptors (Lipinski definition) is 7. The predicted molar refractivity (Wildman–Crippen MR) is 157 cm³/mol. The van der Waals surface area contributed by atoms with E-state index < -0.39 is 11.8 Å². The van der Waals surface area contributed by atoms with Gasteiger partial charge in [-0.25, -0.2) is 0 Å². The van der Waals surface area contributed by atoms with Crippen molar-refractivity contribution in [3.8, 4) is 17.2 Å². The molecule has 0 spiro atoms. The second-order valence-electron chi connectivity index (χ2n) is 7.75. The number of benzene rings is 3. The third kappa shape index (κ3) is 6.44. The van der Waals surface area contributed by atoms with Crippen LogP contribution in [0, 0.1) is 0 Å². The summed E-state index contributed by atoms with van der Waals surface area (Å²) in [5, 5.41) is 2.08. The molecule has 0 atom stereocenters. The highest BCUT2D eigenvalue weighted by atomic mass is 79.9. The zero-order valence-corrected chi connectivity index (χ0v) is 24.7. The van der Waals surface area contributed by atoms with Gasteiger partial charge in [0, 0.05) is 21.2 Å². The molecule has 1 N–H and O–H groups in total. The van der Waals surface area contributed by atoms with E-state index in [1.807, 2.05) is 0 Å². The molecule has 1 aliphatic rings. The van der Waals surface area contributed by atoms with Crippen LogP contribution in [0.5, 0.6) is 17.2 Å². The van der Waals surface area contributed by atoms with Gasteiger partial charge in [0.25, 0.3) is 11.8 Å². The number of carbonyl (C=O) groups excluding carboxylic acids is 2. The van der Waals surface area contributed by atoms with Crippen LogP contribution in [0.15, 0.2) is 64.0 Å². The molecule has 0 aliphatic carbocycles. The standard InChI is InChI=1S/C26H19BrCl2N2O5S2/c1-34-18-7-4-15(5-8-18)24(32)30-31-25(33)22(38-26(31)37)11-14-9-19(27)23(21(10-14)35-2)36-13-16-3-6-17(28)12-20(16)29/h3-12H,13H2,1-2H3,(H,30,32)/b22-11+. The first kappa shape index (κ1) is 28.3. The van der Waals surface area contributed by atoms with Crippen molar-refractivity contribution in [3.63, 3.8) is 0 Å². The number of methoxy groups -OCH3 is 2. The largest absolute Gasteiger partial charge is 0.497 e. The Bertz CT molecular complexity index is 1450. The zero-order valence-electron chi connectivity index (χ0n) is 19.9. The summed E-state index contributed by atoms with van der Waals surface area (Å²) in [5.41, 5.74) is 4.33. The van der Waals surface area contributed by atoms with E-state index in [0.29, 0.717) is 47.8 Å². The van der Waals surface area contributed by atoms with Gasteiger partial charge in [0.15, 0.2) is 15.8 Å². The Morgan fingerprint density at radius 3 is 2.50 bits per heavy atom. The second kappa shape index (κ2) is 12.4. The van der Waals surface area contributed by atoms with Crippen LogP contribution < -0.4 is 19.6 Å². The van der Waals surface area contributed by atoms with E-state index in [-0.39, 0.29) is 10.9 Å². The average molecular weight is 654 g/mol. The fourth-order valence-corrected chi connectivity index (χ4v) is 5.59. The summed E-state index contributed by atoms with van der Waals surface area (Å²) in [5.74, 6) is 0.599. The minimum absolute atomic E-state index is 0.191. The maximum absolute atomic E-state index is 13.0. The summed E-state index contributed by atoms with van der Waals surface area (Å²) < 4.78 is 17.4. The number of hydrazine groups is 1. The highest BCUT2D eigenvalue weighted by molar-refractivity contribution is 9.10. The SMILES string of the molecule is COc1ccc(C(=O)NN2C(=O)/C(=C\c3cc(Br)c(OCc4ccc(Cl)cc4Cl)c(OC)c3)SC2=S)cc1. The number of thiocarbonyl (C=S) groups is 1. The third-order valence-electron chi connectivity index (χ3n) is 5.30. The van der Waals surface area contributed by atoms with E-state index >= 15 is 0 Å². The fourth-order valence-electron chi connectivity index (χ4n) is 3.38. The lowest BCUT2D eigenvalue weighted by Crippen LogP contribution is -2.44. The summed E-state index contributed by atoms with van der Waals surface area (Å²) in [7, 11) is 3.05. The molecule has 1 aliphatic heterocycles. The number of thioether (sulfide) groups is 1. The first-order valence-electron chi connectivity index (χ1n) is 10.9. The number of hydrogen-bond donors (Lipinski definition) is 1. The number of carbonyl (C=O) groups is 2. The molecule has 0 saturated carbocycles. The highest BCUT2D eigenvalue weighted by Crippen LogP contribution is 2.39. The smallest absolute Gasteiger partial charge is 0.285 e. The normalized spacial score (nSPS) is 14.1. The van der Waals surface area contributed by atoms with Crippen LogP contribution in [0.2, 0.25) is 10.0 Å². The molecule has 0 radical (unpaired) electrons. The van der Waals surface area contributed by atoms with Crippen LogP contribution in [0.3, 0.4) is 0 Å². The van der Waals surface area contributed by atoms with Crippen LogP contribution in [0.4, 0.5) is 0 Å². The Morgan fingerprint density at radius 1 is 1.11 bits per heavy atom. The zero-order chi connectivity index (χ0) is 27.4. The van der Waals surface area contributed by atoms with Gasteiger partial charge in [-0.05, 0) is 88.3 Å². The Hall–Kier alpha value is -2.76. The van der Waals surface area contributed by atoms with Crippen molar-refractivity contribution in [2.45, 2.75) is 6.61 Å². The molecule has 7 nitrogen and oxygen atoms in total. The molecule has 1 heterocycles. The number of nitrogens with one attached hydrogen (secondary N) is 1. The molecular weight excluding hydrogens is 635 g/mol. The molecule has 12 heteroatoms. The molecule has 196 valence electrons. The molecule has 1 fully saturated rings. The van der Waals surface area contributed by atoms with Crippen molar-refractivity contribution in [2.24, 2.45) is 0 Å². The van der Waals surface area contributed by atoms with Crippen molar-refractivity contribution in [3.05, 3.63) is 90.7 Å². The van der Waals surface area contributed by atoms with Gasteiger partial charge in [0.1, 0.15) is 12.4 Å². The average Bonchev–Trinajstić information content (AvgIpc) is 3.15. The van der Waals surface area contributed by atoms with Gasteiger partial charge in [-0.1, -0.05) is 41.0 Å². The molecule has 4 rings (SSSR count). The topological polar surface area (TPSA) is 77.1 Å². The van der Waals surface area contributed by atoms with Crippen molar-refractivity contribution in [2.75, 3.05) is 14.2 Å². The van der Waals surface area contributed by atoms with Gasteiger partial charge in [-0.3, -0.25) is 15.0 Å². The van der Waals surface area contributed by atoms with Crippen molar-refractivity contribution in [1.82, 2.24) is 10.4 Å². The molecule has 0 bridgehead atoms. The van der Waals surface area contributed by atoms with Crippen molar-refractivity contribution >= 4 is 85.3 Å². The number of halogens is 3. The van der Waals surface area contributed by atoms with E-state index in [0.717, 1.165) is 22.3 Å². The molecule has 1 saturated heterocycles. The first-order chi connectivity index (χ1) is 18.2. The van der Waals surface area contributed by atoms with Crippen molar-refractivity contribution in [1.29, 1.82) is 0 Å². The fraction of sp³-hybridized carbons (Fsp3) is 0.115. The third-order valence-corrected chi connectivity index (χ3v) is 7.77. The van der Waals surface area contributed by atoms with Gasteiger partial charge in [0.05, 0.1) is 23.6 Å². The van der Waals surface area contributed by atoms with Gasteiger partial charge in [0.2, 0.25) is 0 Å². The van der Waals surface area contributed by atoms with Crippen LogP contribution in [0.25, 0.3) is 6.08 Å². The molecule has 3 aromatic rings. The molecule has 0 aromatic heterocycles. The van der Waals surface area contributed by atoms with E-state index in [1.54, 1.807) is 60.7 Å². The van der Waals surface area contributed by atoms with Gasteiger partial charge >= 0.3 is 0 Å². The summed E-state index contributed by atoms with van der Waals surface area (Å²) >= 11 is 22.1. The van der Waals surface area contributed by atoms with Crippen molar-refractivity contribution < 1.29 is 23.8 Å². The van der Waals surface area contributed by atoms with E-state index in [4.69, 9.17) is 49.6 Å². The van der Waals surface area contributed by atoms with Crippen LogP contribution in [-0.2, 0) is 11.4 Å². The molecule has 0 unspecified atom stereocenters. The van der Waals surface area contributed by atoms with Gasteiger partial charge < -0.3 is 14.2 Å². The number of rotatable bonds is 8. The number of nitrogens with zero attached hydrogens (tertiary/aromatic N) is 1. The monoisotopic (exact) mass is 652 g/mol. The van der Waals surface area contributed by atoms with Gasteiger partial charge in [-0.15, -0.1) is 0 Å². The number of amides is 2. The highest BCUT2D eigenvalue weighted by Gasteiger charge is 2.34. The molecular formula is C26H19BrCl2N2O5S2. The quantitative estimate of drug-likeness (QED) is 0.209. The summed E-state index contributed by atoms with van der Waals surface area (Å²) in [4.78, 5) is 26.0. The Morgan fingerprint density at radius 2 is 1.84 bits per heavy atom. The summed E-state index contributed by atoms with van der Waals surface area (Å²) in [6, 6.07) is 15.2. The van der Waals surface area contributed by atoms with E-state index in [1.165, 1.54) is 14.2 Å². The Kier molecular flexibility index (Phi) is 9.22. The van der Waals surface area contributed by atoms with Crippen LogP contribution in [0.1, 0.15) is 21.5 Å². The maximum Gasteiger partial charge on any atom is 0.285 e. The molecule has 3 aromatic carbocycles. The van der Waals surface area contributed by atoms with E-state index in [9.17, 15) is 9.59 Å². The van der Waals surface area contributed by atoms with Crippen LogP contribution in [-0.4, -0.2) is 35.4 Å². The molecule has 38 heavy (non-hydrogen) atoms. The van der Waals surface area contributed by atoms with E-state index in [2.05, 4.69) is 21.4 Å². The number of ether oxygens (including phenoxy) is 3. The predicted octanol–water partition coefficient (Wildman–Crippen LogP) is 6.90. The Labute approximate surface area is 247 Å². The second-order valence-corrected chi connectivity index (χ2v) is 11.1. The minimum Gasteiger partial charge on any atom is -0.497 e. The molecule has 2 amide bonds. The van der Waals surface area contributed by atoms with Crippen LogP contribution >= 0.6 is 63.1 Å². The lowest BCUT2D eigenvalue weighted by Gasteiger charge is -2.16. The first-order valence-corrected chi connectivity index (χ1v) is 13.6. The summed E-state index contributed by atoms with van der Waals surface area (Å²) in [6.07, 6.45) is 1.66. The maximum atomic E-state index is 13.0. The lowest BCUT2D eigenvalue weighted by molar-refractivity contribution is -0.123.